The van der Waals surface area contributed by atoms with Crippen LogP contribution in [0, 0.1) is 0 Å². The summed E-state index contributed by atoms with van der Waals surface area (Å²) in [6.07, 6.45) is 0. The minimum absolute atomic E-state index is 0.0380. The molecule has 8 nitrogen and oxygen atoms in total. The number of nitrogens with one attached hydrogen (secondary N) is 1. The van der Waals surface area contributed by atoms with Gasteiger partial charge in [0, 0.05) is 37.9 Å². The number of rotatable bonds is 9. The van der Waals surface area contributed by atoms with E-state index in [9.17, 15) is 14.4 Å². The quantitative estimate of drug-likeness (QED) is 0.166. The monoisotopic (exact) mass is 633 g/mol. The Morgan fingerprint density at radius 3 is 1.74 bits per heavy atom. The Labute approximate surface area is 261 Å². The Bertz CT molecular complexity index is 1750. The zero-order valence-corrected chi connectivity index (χ0v) is 24.6. The SMILES string of the molecule is O=C(Nc1ccc(-c2cc(OC(=O)c3ccc(Cl)cc3)n(CCOC(=O)c3ccc(Cl)cc3)n2)cc1)c1ccc(Cl)cc1. The van der Waals surface area contributed by atoms with Crippen LogP contribution in [0.2, 0.25) is 15.1 Å². The van der Waals surface area contributed by atoms with E-state index in [0.717, 1.165) is 0 Å². The molecule has 5 rings (SSSR count). The highest BCUT2D eigenvalue weighted by Gasteiger charge is 2.17. The van der Waals surface area contributed by atoms with Gasteiger partial charge in [-0.1, -0.05) is 46.9 Å². The van der Waals surface area contributed by atoms with Crippen molar-refractivity contribution in [2.24, 2.45) is 0 Å². The van der Waals surface area contributed by atoms with Crippen molar-refractivity contribution in [2.45, 2.75) is 6.54 Å². The summed E-state index contributed by atoms with van der Waals surface area (Å²) in [6, 6.07) is 27.8. The fourth-order valence-electron chi connectivity index (χ4n) is 3.95. The number of halogens is 3. The number of ether oxygens (including phenoxy) is 2. The number of hydrogen-bond donors (Lipinski definition) is 1. The minimum atomic E-state index is -0.609. The van der Waals surface area contributed by atoms with Crippen molar-refractivity contribution in [3.8, 4) is 17.1 Å². The molecule has 0 atom stereocenters. The molecule has 0 aliphatic carbocycles. The highest BCUT2D eigenvalue weighted by Crippen LogP contribution is 2.26. The molecule has 0 spiro atoms. The van der Waals surface area contributed by atoms with Gasteiger partial charge < -0.3 is 14.8 Å². The molecule has 11 heteroatoms. The molecular weight excluding hydrogens is 613 g/mol. The van der Waals surface area contributed by atoms with E-state index in [1.54, 1.807) is 103 Å². The molecule has 1 heterocycles. The summed E-state index contributed by atoms with van der Waals surface area (Å²) in [5.41, 5.74) is 2.89. The van der Waals surface area contributed by atoms with Gasteiger partial charge >= 0.3 is 11.9 Å². The summed E-state index contributed by atoms with van der Waals surface area (Å²) in [5, 5.41) is 8.94. The molecule has 0 saturated carbocycles. The average Bonchev–Trinajstić information content (AvgIpc) is 3.40. The molecule has 0 saturated heterocycles. The first-order valence-electron chi connectivity index (χ1n) is 12.9. The molecule has 0 bridgehead atoms. The van der Waals surface area contributed by atoms with Gasteiger partial charge in [-0.25, -0.2) is 14.3 Å². The number of esters is 2. The smallest absolute Gasteiger partial charge is 0.344 e. The van der Waals surface area contributed by atoms with E-state index < -0.39 is 11.9 Å². The van der Waals surface area contributed by atoms with Crippen LogP contribution in [0.15, 0.2) is 103 Å². The third-order valence-electron chi connectivity index (χ3n) is 6.18. The first-order chi connectivity index (χ1) is 20.7. The van der Waals surface area contributed by atoms with E-state index in [1.165, 1.54) is 4.68 Å². The Morgan fingerprint density at radius 2 is 1.19 bits per heavy atom. The zero-order chi connectivity index (χ0) is 30.3. The number of benzene rings is 4. The van der Waals surface area contributed by atoms with Crippen molar-refractivity contribution in [1.82, 2.24) is 9.78 Å². The fraction of sp³-hybridized carbons (Fsp3) is 0.0625. The first-order valence-corrected chi connectivity index (χ1v) is 14.0. The molecule has 5 aromatic rings. The number of carbonyl (C=O) groups excluding carboxylic acids is 3. The molecule has 1 aromatic heterocycles. The van der Waals surface area contributed by atoms with Crippen LogP contribution < -0.4 is 10.1 Å². The second-order valence-electron chi connectivity index (χ2n) is 9.17. The number of hydrogen-bond acceptors (Lipinski definition) is 6. The van der Waals surface area contributed by atoms with Crippen molar-refractivity contribution in [3.05, 3.63) is 135 Å². The fourth-order valence-corrected chi connectivity index (χ4v) is 4.32. The first kappa shape index (κ1) is 29.8. The third-order valence-corrected chi connectivity index (χ3v) is 6.94. The summed E-state index contributed by atoms with van der Waals surface area (Å²) in [4.78, 5) is 37.8. The maximum atomic E-state index is 12.9. The van der Waals surface area contributed by atoms with Gasteiger partial charge in [-0.15, -0.1) is 0 Å². The average molecular weight is 635 g/mol. The predicted molar refractivity (Wildman–Crippen MR) is 165 cm³/mol. The van der Waals surface area contributed by atoms with Gasteiger partial charge in [-0.2, -0.15) is 5.10 Å². The highest BCUT2D eigenvalue weighted by molar-refractivity contribution is 6.31. The van der Waals surface area contributed by atoms with Gasteiger partial charge in [-0.3, -0.25) is 4.79 Å². The van der Waals surface area contributed by atoms with Crippen LogP contribution in [0.5, 0.6) is 5.88 Å². The lowest BCUT2D eigenvalue weighted by Crippen LogP contribution is -2.16. The number of aromatic nitrogens is 2. The van der Waals surface area contributed by atoms with Gasteiger partial charge in [0.15, 0.2) is 0 Å². The molecule has 0 fully saturated rings. The van der Waals surface area contributed by atoms with Gasteiger partial charge in [0.25, 0.3) is 5.91 Å². The molecule has 0 radical (unpaired) electrons. The molecule has 0 aliphatic heterocycles. The molecule has 4 aromatic carbocycles. The largest absolute Gasteiger partial charge is 0.460 e. The Hall–Kier alpha value is -4.63. The van der Waals surface area contributed by atoms with Crippen molar-refractivity contribution >= 4 is 58.3 Å². The van der Waals surface area contributed by atoms with E-state index in [-0.39, 0.29) is 24.9 Å². The second kappa shape index (κ2) is 13.6. The zero-order valence-electron chi connectivity index (χ0n) is 22.3. The minimum Gasteiger partial charge on any atom is -0.460 e. The highest BCUT2D eigenvalue weighted by atomic mass is 35.5. The van der Waals surface area contributed by atoms with Crippen LogP contribution in [0.4, 0.5) is 5.69 Å². The lowest BCUT2D eigenvalue weighted by atomic mass is 10.1. The van der Waals surface area contributed by atoms with Crippen molar-refractivity contribution < 1.29 is 23.9 Å². The summed E-state index contributed by atoms with van der Waals surface area (Å²) < 4.78 is 12.5. The summed E-state index contributed by atoms with van der Waals surface area (Å²) in [7, 11) is 0. The molecule has 216 valence electrons. The molecule has 43 heavy (non-hydrogen) atoms. The number of amides is 1. The van der Waals surface area contributed by atoms with Crippen LogP contribution in [0.25, 0.3) is 11.3 Å². The van der Waals surface area contributed by atoms with Gasteiger partial charge in [0.2, 0.25) is 5.88 Å². The molecule has 1 N–H and O–H groups in total. The maximum Gasteiger partial charge on any atom is 0.344 e. The van der Waals surface area contributed by atoms with Crippen LogP contribution in [0.3, 0.4) is 0 Å². The summed E-state index contributed by atoms with van der Waals surface area (Å²) >= 11 is 17.7. The maximum absolute atomic E-state index is 12.9. The van der Waals surface area contributed by atoms with Crippen LogP contribution in [0.1, 0.15) is 31.1 Å². The topological polar surface area (TPSA) is 99.5 Å². The lowest BCUT2D eigenvalue weighted by Gasteiger charge is -2.09. The Morgan fingerprint density at radius 1 is 0.674 bits per heavy atom. The third kappa shape index (κ3) is 7.81. The molecule has 0 aliphatic rings. The molecular formula is C32H22Cl3N3O5. The van der Waals surface area contributed by atoms with E-state index >= 15 is 0 Å². The number of anilines is 1. The van der Waals surface area contributed by atoms with Crippen LogP contribution in [-0.4, -0.2) is 34.2 Å². The Balaban J connectivity index is 1.32. The lowest BCUT2D eigenvalue weighted by molar-refractivity contribution is 0.0479. The summed E-state index contributed by atoms with van der Waals surface area (Å²) in [5.74, 6) is -1.27. The van der Waals surface area contributed by atoms with E-state index in [2.05, 4.69) is 10.4 Å². The van der Waals surface area contributed by atoms with Crippen molar-refractivity contribution in [1.29, 1.82) is 0 Å². The molecule has 0 unspecified atom stereocenters. The van der Waals surface area contributed by atoms with Crippen LogP contribution in [-0.2, 0) is 11.3 Å². The van der Waals surface area contributed by atoms with Gasteiger partial charge in [0.05, 0.1) is 23.4 Å². The van der Waals surface area contributed by atoms with Gasteiger partial charge in [-0.05, 0) is 84.9 Å². The number of carbonyl (C=O) groups is 3. The summed E-state index contributed by atoms with van der Waals surface area (Å²) in [6.45, 7) is 0.0710. The number of nitrogens with zero attached hydrogens (tertiary/aromatic N) is 2. The predicted octanol–water partition coefficient (Wildman–Crippen LogP) is 7.84. The van der Waals surface area contributed by atoms with Crippen LogP contribution >= 0.6 is 34.8 Å². The van der Waals surface area contributed by atoms with E-state index in [4.69, 9.17) is 44.3 Å². The van der Waals surface area contributed by atoms with E-state index in [1.807, 2.05) is 0 Å². The van der Waals surface area contributed by atoms with E-state index in [0.29, 0.717) is 48.7 Å². The molecule has 1 amide bonds. The standard InChI is InChI=1S/C32H22Cl3N3O5/c33-24-9-1-21(2-10-24)30(39)36-27-15-7-20(8-16-27)28-19-29(43-32(41)23-5-13-26(35)14-6-23)38(37-28)17-18-42-31(40)22-3-11-25(34)12-4-22/h1-16,19H,17-18H2,(H,36,39). The normalized spacial score (nSPS) is 10.7. The second-order valence-corrected chi connectivity index (χ2v) is 10.5. The van der Waals surface area contributed by atoms with Crippen molar-refractivity contribution in [2.75, 3.05) is 11.9 Å². The van der Waals surface area contributed by atoms with Gasteiger partial charge in [0.1, 0.15) is 6.61 Å². The van der Waals surface area contributed by atoms with Crippen molar-refractivity contribution in [3.63, 3.8) is 0 Å². The Kier molecular flexibility index (Phi) is 9.41.